The van der Waals surface area contributed by atoms with Crippen molar-refractivity contribution in [2.45, 2.75) is 24.8 Å². The number of aliphatic carboxylic acids is 1. The minimum absolute atomic E-state index is 0.0218. The molecule has 6 nitrogen and oxygen atoms in total. The summed E-state index contributed by atoms with van der Waals surface area (Å²) in [6, 6.07) is 15.4. The van der Waals surface area contributed by atoms with Crippen molar-refractivity contribution in [2.24, 2.45) is 5.73 Å². The molecule has 0 saturated carbocycles. The Morgan fingerprint density at radius 2 is 1.65 bits per heavy atom. The molecule has 0 heterocycles. The molecule has 1 amide bonds. The molecule has 1 aliphatic rings. The first kappa shape index (κ1) is 17.9. The largest absolute Gasteiger partial charge is 0.480 e. The van der Waals surface area contributed by atoms with Gasteiger partial charge in [-0.05, 0) is 35.1 Å². The van der Waals surface area contributed by atoms with Crippen LogP contribution in [0, 0.1) is 0 Å². The van der Waals surface area contributed by atoms with Gasteiger partial charge in [0.25, 0.3) is 0 Å². The van der Waals surface area contributed by atoms with Crippen LogP contribution < -0.4 is 11.1 Å². The zero-order chi connectivity index (χ0) is 18.5. The molecule has 0 aromatic heterocycles. The van der Waals surface area contributed by atoms with Gasteiger partial charge in [-0.1, -0.05) is 48.5 Å². The van der Waals surface area contributed by atoms with Crippen LogP contribution in [0.5, 0.6) is 0 Å². The molecule has 3 rings (SSSR count). The summed E-state index contributed by atoms with van der Waals surface area (Å²) in [5, 5.41) is 11.4. The first-order chi connectivity index (χ1) is 12.6. The molecule has 0 spiro atoms. The van der Waals surface area contributed by atoms with Crippen LogP contribution in [-0.2, 0) is 9.53 Å². The van der Waals surface area contributed by atoms with E-state index in [0.29, 0.717) is 19.4 Å². The third kappa shape index (κ3) is 3.86. The fourth-order valence-corrected chi connectivity index (χ4v) is 3.29. The van der Waals surface area contributed by atoms with E-state index in [2.05, 4.69) is 29.6 Å². The van der Waals surface area contributed by atoms with Gasteiger partial charge in [0.15, 0.2) is 0 Å². The Hall–Kier alpha value is -2.86. The maximum absolute atomic E-state index is 11.9. The molecule has 0 fully saturated rings. The second-order valence-electron chi connectivity index (χ2n) is 6.34. The van der Waals surface area contributed by atoms with E-state index in [0.717, 1.165) is 11.1 Å². The number of benzene rings is 2. The summed E-state index contributed by atoms with van der Waals surface area (Å²) in [6.07, 6.45) is 0.284. The Morgan fingerprint density at radius 1 is 1.08 bits per heavy atom. The van der Waals surface area contributed by atoms with Gasteiger partial charge in [0.05, 0.1) is 0 Å². The number of carboxylic acids is 1. The molecule has 2 aromatic rings. The first-order valence-electron chi connectivity index (χ1n) is 8.65. The first-order valence-corrected chi connectivity index (χ1v) is 8.65. The predicted molar refractivity (Wildman–Crippen MR) is 97.9 cm³/mol. The number of ether oxygens (including phenoxy) is 1. The number of nitrogens with one attached hydrogen (secondary N) is 1. The Balaban J connectivity index is 1.53. The van der Waals surface area contributed by atoms with Crippen LogP contribution in [0.15, 0.2) is 48.5 Å². The number of carboxylic acid groups (broad SMARTS) is 1. The lowest BCUT2D eigenvalue weighted by molar-refractivity contribution is -0.138. The monoisotopic (exact) mass is 354 g/mol. The molecule has 0 bridgehead atoms. The summed E-state index contributed by atoms with van der Waals surface area (Å²) in [5.41, 5.74) is 10.1. The highest BCUT2D eigenvalue weighted by Crippen LogP contribution is 2.44. The van der Waals surface area contributed by atoms with Crippen molar-refractivity contribution in [3.8, 4) is 11.1 Å². The second-order valence-corrected chi connectivity index (χ2v) is 6.34. The molecular weight excluding hydrogens is 332 g/mol. The van der Waals surface area contributed by atoms with Crippen molar-refractivity contribution >= 4 is 12.1 Å². The van der Waals surface area contributed by atoms with Crippen molar-refractivity contribution in [1.82, 2.24) is 5.32 Å². The molecule has 0 radical (unpaired) electrons. The molecule has 0 aliphatic heterocycles. The number of rotatable bonds is 7. The Kier molecular flexibility index (Phi) is 5.53. The quantitative estimate of drug-likeness (QED) is 0.664. The zero-order valence-corrected chi connectivity index (χ0v) is 14.4. The van der Waals surface area contributed by atoms with Crippen LogP contribution in [0.4, 0.5) is 4.79 Å². The molecule has 2 aromatic carbocycles. The normalized spacial score (nSPS) is 13.6. The van der Waals surface area contributed by atoms with E-state index in [-0.39, 0.29) is 12.5 Å². The van der Waals surface area contributed by atoms with Crippen molar-refractivity contribution < 1.29 is 19.4 Å². The minimum atomic E-state index is -1.04. The van der Waals surface area contributed by atoms with Crippen LogP contribution in [0.1, 0.15) is 29.9 Å². The van der Waals surface area contributed by atoms with E-state index < -0.39 is 18.1 Å². The summed E-state index contributed by atoms with van der Waals surface area (Å²) < 4.78 is 5.40. The lowest BCUT2D eigenvalue weighted by Crippen LogP contribution is -2.32. The molecule has 4 N–H and O–H groups in total. The van der Waals surface area contributed by atoms with Gasteiger partial charge in [-0.3, -0.25) is 4.79 Å². The lowest BCUT2D eigenvalue weighted by atomic mass is 9.98. The average molecular weight is 354 g/mol. The maximum atomic E-state index is 11.9. The number of hydrogen-bond acceptors (Lipinski definition) is 4. The third-order valence-corrected chi connectivity index (χ3v) is 4.62. The van der Waals surface area contributed by atoms with Crippen molar-refractivity contribution in [3.63, 3.8) is 0 Å². The summed E-state index contributed by atoms with van der Waals surface area (Å²) in [7, 11) is 0. The van der Waals surface area contributed by atoms with E-state index in [1.807, 2.05) is 24.3 Å². The molecule has 1 aliphatic carbocycles. The van der Waals surface area contributed by atoms with E-state index in [1.54, 1.807) is 0 Å². The molecule has 26 heavy (non-hydrogen) atoms. The molecular formula is C20H22N2O4. The van der Waals surface area contributed by atoms with Crippen LogP contribution in [0.2, 0.25) is 0 Å². The smallest absolute Gasteiger partial charge is 0.407 e. The standard InChI is InChI=1S/C20H22N2O4/c21-18(19(23)24)10-5-11-22-20(25)26-12-17-15-8-3-1-6-13(15)14-7-2-4-9-16(14)17/h1-4,6-9,17-18H,5,10-12,21H2,(H,22,25)(H,23,24)/t18-/m1/s1. The summed E-state index contributed by atoms with van der Waals surface area (Å²) in [6.45, 7) is 0.589. The van der Waals surface area contributed by atoms with Gasteiger partial charge in [0.2, 0.25) is 0 Å². The summed E-state index contributed by atoms with van der Waals surface area (Å²) >= 11 is 0. The highest BCUT2D eigenvalue weighted by Gasteiger charge is 2.28. The molecule has 136 valence electrons. The lowest BCUT2D eigenvalue weighted by Gasteiger charge is -2.14. The minimum Gasteiger partial charge on any atom is -0.480 e. The van der Waals surface area contributed by atoms with Gasteiger partial charge in [0, 0.05) is 12.5 Å². The average Bonchev–Trinajstić information content (AvgIpc) is 2.97. The van der Waals surface area contributed by atoms with E-state index in [9.17, 15) is 9.59 Å². The number of amides is 1. The molecule has 0 unspecified atom stereocenters. The van der Waals surface area contributed by atoms with Crippen LogP contribution in [-0.4, -0.2) is 36.4 Å². The van der Waals surface area contributed by atoms with Crippen molar-refractivity contribution in [1.29, 1.82) is 0 Å². The van der Waals surface area contributed by atoms with Gasteiger partial charge in [-0.25, -0.2) is 4.79 Å². The van der Waals surface area contributed by atoms with Crippen LogP contribution >= 0.6 is 0 Å². The van der Waals surface area contributed by atoms with Gasteiger partial charge in [-0.15, -0.1) is 0 Å². The second kappa shape index (κ2) is 8.01. The highest BCUT2D eigenvalue weighted by molar-refractivity contribution is 5.79. The fraction of sp³-hybridized carbons (Fsp3) is 0.300. The number of fused-ring (bicyclic) bond motifs is 3. The number of hydrogen-bond donors (Lipinski definition) is 3. The maximum Gasteiger partial charge on any atom is 0.407 e. The van der Waals surface area contributed by atoms with Crippen molar-refractivity contribution in [2.75, 3.05) is 13.2 Å². The Bertz CT molecular complexity index is 760. The summed E-state index contributed by atoms with van der Waals surface area (Å²) in [4.78, 5) is 22.6. The topological polar surface area (TPSA) is 102 Å². The number of alkyl carbamates (subject to hydrolysis) is 1. The third-order valence-electron chi connectivity index (χ3n) is 4.62. The van der Waals surface area contributed by atoms with E-state index in [1.165, 1.54) is 11.1 Å². The van der Waals surface area contributed by atoms with Crippen LogP contribution in [0.3, 0.4) is 0 Å². The van der Waals surface area contributed by atoms with Gasteiger partial charge in [0.1, 0.15) is 12.6 Å². The number of carbonyl (C=O) groups excluding carboxylic acids is 1. The number of carbonyl (C=O) groups is 2. The molecule has 0 saturated heterocycles. The molecule has 1 atom stereocenters. The van der Waals surface area contributed by atoms with Crippen molar-refractivity contribution in [3.05, 3.63) is 59.7 Å². The summed E-state index contributed by atoms with van der Waals surface area (Å²) in [5.74, 6) is -1.01. The van der Waals surface area contributed by atoms with E-state index in [4.69, 9.17) is 15.6 Å². The SMILES string of the molecule is N[C@H](CCCNC(=O)OCC1c2ccccc2-c2ccccc21)C(=O)O. The Morgan fingerprint density at radius 3 is 2.23 bits per heavy atom. The van der Waals surface area contributed by atoms with Gasteiger partial charge < -0.3 is 20.9 Å². The van der Waals surface area contributed by atoms with Crippen LogP contribution in [0.25, 0.3) is 11.1 Å². The number of nitrogens with two attached hydrogens (primary N) is 1. The molecule has 6 heteroatoms. The fourth-order valence-electron chi connectivity index (χ4n) is 3.29. The zero-order valence-electron chi connectivity index (χ0n) is 14.4. The predicted octanol–water partition coefficient (Wildman–Crippen LogP) is 2.72. The van der Waals surface area contributed by atoms with E-state index >= 15 is 0 Å². The van der Waals surface area contributed by atoms with Gasteiger partial charge in [-0.2, -0.15) is 0 Å². The highest BCUT2D eigenvalue weighted by atomic mass is 16.5. The Labute approximate surface area is 152 Å². The van der Waals surface area contributed by atoms with Gasteiger partial charge >= 0.3 is 12.1 Å².